The lowest BCUT2D eigenvalue weighted by molar-refractivity contribution is -0.107. The molecule has 0 atom stereocenters. The van der Waals surface area contributed by atoms with Crippen LogP contribution in [0.5, 0.6) is 0 Å². The molecule has 0 radical (unpaired) electrons. The average Bonchev–Trinajstić information content (AvgIpc) is 2.13. The number of rotatable bonds is 3. The van der Waals surface area contributed by atoms with Gasteiger partial charge >= 0.3 is 0 Å². The standard InChI is InChI=1S/C11H13FO/c1-3-9-6-8(2)11(12)10(7-9)4-5-13/h5-7H,3-4H2,1-2H3. The van der Waals surface area contributed by atoms with Gasteiger partial charge in [0.2, 0.25) is 0 Å². The molecule has 0 aliphatic carbocycles. The zero-order chi connectivity index (χ0) is 9.84. The molecule has 0 saturated heterocycles. The largest absolute Gasteiger partial charge is 0.303 e. The average molecular weight is 180 g/mol. The first-order valence-electron chi connectivity index (χ1n) is 4.40. The molecule has 0 bridgehead atoms. The summed E-state index contributed by atoms with van der Waals surface area (Å²) < 4.78 is 13.3. The Morgan fingerprint density at radius 2 is 2.15 bits per heavy atom. The third-order valence-corrected chi connectivity index (χ3v) is 2.10. The molecule has 0 heterocycles. The highest BCUT2D eigenvalue weighted by atomic mass is 19.1. The number of carbonyl (C=O) groups is 1. The van der Waals surface area contributed by atoms with Gasteiger partial charge in [-0.05, 0) is 30.0 Å². The summed E-state index contributed by atoms with van der Waals surface area (Å²) in [6.07, 6.45) is 1.77. The molecule has 0 fully saturated rings. The molecular weight excluding hydrogens is 167 g/mol. The van der Waals surface area contributed by atoms with Crippen molar-refractivity contribution in [2.75, 3.05) is 0 Å². The van der Waals surface area contributed by atoms with Crippen molar-refractivity contribution in [1.29, 1.82) is 0 Å². The van der Waals surface area contributed by atoms with Gasteiger partial charge < -0.3 is 4.79 Å². The summed E-state index contributed by atoms with van der Waals surface area (Å²) in [5, 5.41) is 0. The van der Waals surface area contributed by atoms with Gasteiger partial charge in [-0.15, -0.1) is 0 Å². The fraction of sp³-hybridized carbons (Fsp3) is 0.364. The highest BCUT2D eigenvalue weighted by Crippen LogP contribution is 2.16. The van der Waals surface area contributed by atoms with E-state index in [0.29, 0.717) is 11.1 Å². The molecule has 0 aromatic heterocycles. The lowest BCUT2D eigenvalue weighted by atomic mass is 10.0. The van der Waals surface area contributed by atoms with Gasteiger partial charge in [-0.1, -0.05) is 19.1 Å². The van der Waals surface area contributed by atoms with E-state index in [2.05, 4.69) is 0 Å². The van der Waals surface area contributed by atoms with Gasteiger partial charge in [0.25, 0.3) is 0 Å². The molecule has 0 aliphatic rings. The minimum Gasteiger partial charge on any atom is -0.303 e. The highest BCUT2D eigenvalue weighted by Gasteiger charge is 2.06. The molecule has 0 spiro atoms. The summed E-state index contributed by atoms with van der Waals surface area (Å²) in [4.78, 5) is 10.3. The van der Waals surface area contributed by atoms with Crippen LogP contribution in [0.15, 0.2) is 12.1 Å². The molecule has 1 rings (SSSR count). The highest BCUT2D eigenvalue weighted by molar-refractivity contribution is 5.55. The first-order valence-corrected chi connectivity index (χ1v) is 4.40. The number of halogens is 1. The van der Waals surface area contributed by atoms with E-state index in [9.17, 15) is 9.18 Å². The van der Waals surface area contributed by atoms with Crippen LogP contribution in [0.1, 0.15) is 23.6 Å². The Labute approximate surface area is 77.6 Å². The van der Waals surface area contributed by atoms with Crippen LogP contribution < -0.4 is 0 Å². The molecule has 13 heavy (non-hydrogen) atoms. The number of hydrogen-bond acceptors (Lipinski definition) is 1. The number of benzene rings is 1. The van der Waals surface area contributed by atoms with Crippen molar-refractivity contribution in [2.24, 2.45) is 0 Å². The van der Waals surface area contributed by atoms with E-state index < -0.39 is 0 Å². The Morgan fingerprint density at radius 1 is 1.46 bits per heavy atom. The van der Waals surface area contributed by atoms with Crippen LogP contribution in [0.3, 0.4) is 0 Å². The molecule has 1 aromatic carbocycles. The summed E-state index contributed by atoms with van der Waals surface area (Å²) >= 11 is 0. The number of carbonyl (C=O) groups excluding carboxylic acids is 1. The first-order chi connectivity index (χ1) is 6.19. The second-order valence-corrected chi connectivity index (χ2v) is 3.11. The van der Waals surface area contributed by atoms with E-state index in [1.54, 1.807) is 13.0 Å². The third-order valence-electron chi connectivity index (χ3n) is 2.10. The second kappa shape index (κ2) is 4.17. The van der Waals surface area contributed by atoms with Crippen molar-refractivity contribution in [2.45, 2.75) is 26.7 Å². The maximum absolute atomic E-state index is 13.3. The summed E-state index contributed by atoms with van der Waals surface area (Å²) in [6.45, 7) is 3.74. The lowest BCUT2D eigenvalue weighted by Crippen LogP contribution is -1.97. The lowest BCUT2D eigenvalue weighted by Gasteiger charge is -2.05. The van der Waals surface area contributed by atoms with Gasteiger partial charge in [0.15, 0.2) is 0 Å². The van der Waals surface area contributed by atoms with Crippen molar-refractivity contribution < 1.29 is 9.18 Å². The van der Waals surface area contributed by atoms with Crippen molar-refractivity contribution in [3.63, 3.8) is 0 Å². The van der Waals surface area contributed by atoms with Gasteiger partial charge in [-0.3, -0.25) is 0 Å². The van der Waals surface area contributed by atoms with Gasteiger partial charge in [-0.25, -0.2) is 4.39 Å². The van der Waals surface area contributed by atoms with E-state index in [1.165, 1.54) is 0 Å². The van der Waals surface area contributed by atoms with Crippen molar-refractivity contribution in [3.8, 4) is 0 Å². The molecule has 0 unspecified atom stereocenters. The maximum Gasteiger partial charge on any atom is 0.129 e. The van der Waals surface area contributed by atoms with Crippen LogP contribution in [-0.2, 0) is 17.6 Å². The second-order valence-electron chi connectivity index (χ2n) is 3.11. The quantitative estimate of drug-likeness (QED) is 0.653. The molecule has 0 aliphatic heterocycles. The van der Waals surface area contributed by atoms with Gasteiger partial charge in [0.05, 0.1) is 0 Å². The number of aryl methyl sites for hydroxylation is 2. The molecule has 70 valence electrons. The molecule has 1 nitrogen and oxygen atoms in total. The summed E-state index contributed by atoms with van der Waals surface area (Å²) in [5.41, 5.74) is 2.21. The van der Waals surface area contributed by atoms with Crippen LogP contribution in [0.2, 0.25) is 0 Å². The molecule has 0 amide bonds. The number of aldehydes is 1. The van der Waals surface area contributed by atoms with E-state index in [1.807, 2.05) is 13.0 Å². The van der Waals surface area contributed by atoms with Crippen LogP contribution in [0.4, 0.5) is 4.39 Å². The summed E-state index contributed by atoms with van der Waals surface area (Å²) in [6, 6.07) is 3.58. The van der Waals surface area contributed by atoms with Crippen LogP contribution in [0, 0.1) is 12.7 Å². The topological polar surface area (TPSA) is 17.1 Å². The van der Waals surface area contributed by atoms with E-state index in [4.69, 9.17) is 0 Å². The normalized spacial score (nSPS) is 10.1. The van der Waals surface area contributed by atoms with Gasteiger partial charge in [0.1, 0.15) is 12.1 Å². The van der Waals surface area contributed by atoms with E-state index in [0.717, 1.165) is 18.3 Å². The Hall–Kier alpha value is -1.18. The third kappa shape index (κ3) is 2.14. The predicted octanol–water partition coefficient (Wildman–Crippen LogP) is 2.44. The molecular formula is C11H13FO. The molecule has 2 heteroatoms. The van der Waals surface area contributed by atoms with Crippen LogP contribution in [-0.4, -0.2) is 6.29 Å². The zero-order valence-electron chi connectivity index (χ0n) is 7.93. The van der Waals surface area contributed by atoms with Gasteiger partial charge in [0, 0.05) is 6.42 Å². The monoisotopic (exact) mass is 180 g/mol. The maximum atomic E-state index is 13.3. The Kier molecular flexibility index (Phi) is 3.18. The molecule has 0 N–H and O–H groups in total. The SMILES string of the molecule is CCc1cc(C)c(F)c(CC=O)c1. The Bertz CT molecular complexity index is 318. The number of hydrogen-bond donors (Lipinski definition) is 0. The Morgan fingerprint density at radius 3 is 2.69 bits per heavy atom. The fourth-order valence-electron chi connectivity index (χ4n) is 1.37. The Balaban J connectivity index is 3.15. The first kappa shape index (κ1) is 9.90. The van der Waals surface area contributed by atoms with Crippen molar-refractivity contribution in [3.05, 3.63) is 34.6 Å². The summed E-state index contributed by atoms with van der Waals surface area (Å²) in [5.74, 6) is -0.246. The smallest absolute Gasteiger partial charge is 0.129 e. The van der Waals surface area contributed by atoms with E-state index in [-0.39, 0.29) is 12.2 Å². The van der Waals surface area contributed by atoms with Gasteiger partial charge in [-0.2, -0.15) is 0 Å². The minimum atomic E-state index is -0.246. The predicted molar refractivity (Wildman–Crippen MR) is 50.3 cm³/mol. The summed E-state index contributed by atoms with van der Waals surface area (Å²) in [7, 11) is 0. The van der Waals surface area contributed by atoms with E-state index >= 15 is 0 Å². The van der Waals surface area contributed by atoms with Crippen molar-refractivity contribution >= 4 is 6.29 Å². The van der Waals surface area contributed by atoms with Crippen LogP contribution in [0.25, 0.3) is 0 Å². The minimum absolute atomic E-state index is 0.167. The fourth-order valence-corrected chi connectivity index (χ4v) is 1.37. The molecule has 0 saturated carbocycles. The molecule has 1 aromatic rings. The van der Waals surface area contributed by atoms with Crippen molar-refractivity contribution in [1.82, 2.24) is 0 Å². The zero-order valence-corrected chi connectivity index (χ0v) is 7.93. The van der Waals surface area contributed by atoms with Crippen LogP contribution >= 0.6 is 0 Å².